The van der Waals surface area contributed by atoms with Crippen LogP contribution < -0.4 is 5.73 Å². The van der Waals surface area contributed by atoms with Crippen LogP contribution in [0.25, 0.3) is 0 Å². The minimum absolute atomic E-state index is 0.311. The van der Waals surface area contributed by atoms with Gasteiger partial charge < -0.3 is 10.6 Å². The number of amidine groups is 1. The Kier molecular flexibility index (Phi) is 4.02. The highest BCUT2D eigenvalue weighted by atomic mass is 15.1. The molecule has 1 aliphatic heterocycles. The van der Waals surface area contributed by atoms with Gasteiger partial charge in [0, 0.05) is 12.1 Å². The lowest BCUT2D eigenvalue weighted by Crippen LogP contribution is -2.38. The molecule has 2 N–H and O–H groups in total. The van der Waals surface area contributed by atoms with Crippen LogP contribution >= 0.6 is 0 Å². The predicted octanol–water partition coefficient (Wildman–Crippen LogP) is 2.12. The van der Waals surface area contributed by atoms with Crippen LogP contribution in [0, 0.1) is 5.41 Å². The second-order valence-electron chi connectivity index (χ2n) is 5.68. The number of hydrogen-bond acceptors (Lipinski definition) is 2. The van der Waals surface area contributed by atoms with Crippen LogP contribution in [0.2, 0.25) is 0 Å². The summed E-state index contributed by atoms with van der Waals surface area (Å²) in [4.78, 5) is 6.97. The van der Waals surface area contributed by atoms with Crippen LogP contribution in [0.4, 0.5) is 0 Å². The van der Waals surface area contributed by atoms with Gasteiger partial charge in [0.2, 0.25) is 0 Å². The molecule has 1 fully saturated rings. The van der Waals surface area contributed by atoms with E-state index in [4.69, 9.17) is 5.73 Å². The number of piperidine rings is 1. The molecule has 0 atom stereocenters. The summed E-state index contributed by atoms with van der Waals surface area (Å²) in [5.41, 5.74) is 7.37. The van der Waals surface area contributed by atoms with E-state index in [1.165, 1.54) is 12.8 Å². The van der Waals surface area contributed by atoms with Crippen LogP contribution in [-0.2, 0) is 0 Å². The minimum Gasteiger partial charge on any atom is -0.384 e. The Hall–Kier alpha value is -1.35. The molecule has 18 heavy (non-hydrogen) atoms. The summed E-state index contributed by atoms with van der Waals surface area (Å²) in [7, 11) is 2.18. The zero-order chi connectivity index (χ0) is 13.0. The van der Waals surface area contributed by atoms with Crippen molar-refractivity contribution in [1.29, 1.82) is 0 Å². The summed E-state index contributed by atoms with van der Waals surface area (Å²) in [6.45, 7) is 5.48. The van der Waals surface area contributed by atoms with Gasteiger partial charge in [-0.3, -0.25) is 4.99 Å². The lowest BCUT2D eigenvalue weighted by atomic mass is 9.80. The van der Waals surface area contributed by atoms with E-state index < -0.39 is 0 Å². The smallest absolute Gasteiger partial charge is 0.125 e. The largest absolute Gasteiger partial charge is 0.384 e. The normalized spacial score (nSPS) is 20.9. The highest BCUT2D eigenvalue weighted by molar-refractivity contribution is 5.97. The average molecular weight is 245 g/mol. The van der Waals surface area contributed by atoms with Crippen LogP contribution in [0.1, 0.15) is 25.3 Å². The second kappa shape index (κ2) is 5.53. The minimum atomic E-state index is 0.311. The Morgan fingerprint density at radius 1 is 1.28 bits per heavy atom. The molecule has 0 aromatic heterocycles. The third kappa shape index (κ3) is 3.33. The van der Waals surface area contributed by atoms with Crippen LogP contribution in [0.15, 0.2) is 35.3 Å². The average Bonchev–Trinajstić information content (AvgIpc) is 2.41. The molecular formula is C15H23N3. The topological polar surface area (TPSA) is 41.6 Å². The number of hydrogen-bond donors (Lipinski definition) is 1. The Bertz CT molecular complexity index is 403. The van der Waals surface area contributed by atoms with Crippen molar-refractivity contribution in [1.82, 2.24) is 4.90 Å². The molecule has 2 rings (SSSR count). The van der Waals surface area contributed by atoms with Crippen molar-refractivity contribution in [3.8, 4) is 0 Å². The quantitative estimate of drug-likeness (QED) is 0.654. The molecular weight excluding hydrogens is 222 g/mol. The van der Waals surface area contributed by atoms with Crippen molar-refractivity contribution in [2.75, 3.05) is 26.7 Å². The molecule has 98 valence electrons. The van der Waals surface area contributed by atoms with Crippen molar-refractivity contribution in [2.24, 2.45) is 16.1 Å². The molecule has 0 spiro atoms. The number of benzene rings is 1. The summed E-state index contributed by atoms with van der Waals surface area (Å²) >= 11 is 0. The molecule has 0 radical (unpaired) electrons. The second-order valence-corrected chi connectivity index (χ2v) is 5.68. The fourth-order valence-corrected chi connectivity index (χ4v) is 2.29. The van der Waals surface area contributed by atoms with E-state index in [0.29, 0.717) is 11.3 Å². The SMILES string of the molecule is CN1CCC(C)(CN=C(N)c2ccccc2)CC1. The summed E-state index contributed by atoms with van der Waals surface area (Å²) in [5, 5.41) is 0. The zero-order valence-corrected chi connectivity index (χ0v) is 11.4. The lowest BCUT2D eigenvalue weighted by Gasteiger charge is -2.36. The fourth-order valence-electron chi connectivity index (χ4n) is 2.29. The van der Waals surface area contributed by atoms with E-state index in [1.807, 2.05) is 30.3 Å². The Labute approximate surface area is 110 Å². The van der Waals surface area contributed by atoms with E-state index in [9.17, 15) is 0 Å². The van der Waals surface area contributed by atoms with E-state index in [0.717, 1.165) is 25.2 Å². The van der Waals surface area contributed by atoms with Gasteiger partial charge in [-0.25, -0.2) is 0 Å². The predicted molar refractivity (Wildman–Crippen MR) is 76.9 cm³/mol. The first kappa shape index (κ1) is 13.1. The molecule has 3 nitrogen and oxygen atoms in total. The standard InChI is InChI=1S/C15H23N3/c1-15(8-10-18(2)11-9-15)12-17-14(16)13-6-4-3-5-7-13/h3-7H,8-12H2,1-2H3,(H2,16,17). The van der Waals surface area contributed by atoms with Gasteiger partial charge >= 0.3 is 0 Å². The maximum atomic E-state index is 6.04. The fraction of sp³-hybridized carbons (Fsp3) is 0.533. The van der Waals surface area contributed by atoms with E-state index in [1.54, 1.807) is 0 Å². The molecule has 1 saturated heterocycles. The highest BCUT2D eigenvalue weighted by Gasteiger charge is 2.28. The van der Waals surface area contributed by atoms with E-state index in [2.05, 4.69) is 23.9 Å². The molecule has 0 bridgehead atoms. The zero-order valence-electron chi connectivity index (χ0n) is 11.4. The van der Waals surface area contributed by atoms with Crippen molar-refractivity contribution in [3.63, 3.8) is 0 Å². The molecule has 0 saturated carbocycles. The number of nitrogens with zero attached hydrogens (tertiary/aromatic N) is 2. The maximum absolute atomic E-state index is 6.04. The third-order valence-corrected chi connectivity index (χ3v) is 3.89. The summed E-state index contributed by atoms with van der Waals surface area (Å²) in [5.74, 6) is 0.663. The van der Waals surface area contributed by atoms with Gasteiger partial charge in [-0.2, -0.15) is 0 Å². The van der Waals surface area contributed by atoms with Crippen molar-refractivity contribution >= 4 is 5.84 Å². The first-order valence-corrected chi connectivity index (χ1v) is 6.63. The lowest BCUT2D eigenvalue weighted by molar-refractivity contribution is 0.147. The summed E-state index contributed by atoms with van der Waals surface area (Å²) in [6.07, 6.45) is 2.41. The number of nitrogens with two attached hydrogens (primary N) is 1. The molecule has 1 heterocycles. The van der Waals surface area contributed by atoms with Gasteiger partial charge in [-0.05, 0) is 38.4 Å². The maximum Gasteiger partial charge on any atom is 0.125 e. The van der Waals surface area contributed by atoms with Gasteiger partial charge in [-0.1, -0.05) is 37.3 Å². The molecule has 1 aliphatic rings. The van der Waals surface area contributed by atoms with Crippen LogP contribution in [-0.4, -0.2) is 37.4 Å². The Balaban J connectivity index is 1.98. The van der Waals surface area contributed by atoms with E-state index in [-0.39, 0.29) is 0 Å². The van der Waals surface area contributed by atoms with Gasteiger partial charge in [0.15, 0.2) is 0 Å². The summed E-state index contributed by atoms with van der Waals surface area (Å²) in [6, 6.07) is 10.0. The van der Waals surface area contributed by atoms with E-state index >= 15 is 0 Å². The van der Waals surface area contributed by atoms with Gasteiger partial charge in [-0.15, -0.1) is 0 Å². The van der Waals surface area contributed by atoms with Crippen LogP contribution in [0.3, 0.4) is 0 Å². The molecule has 1 aromatic carbocycles. The highest BCUT2D eigenvalue weighted by Crippen LogP contribution is 2.30. The number of aliphatic imine (C=N–C) groups is 1. The molecule has 3 heteroatoms. The Morgan fingerprint density at radius 2 is 1.89 bits per heavy atom. The van der Waals surface area contributed by atoms with Gasteiger partial charge in [0.05, 0.1) is 0 Å². The summed E-state index contributed by atoms with van der Waals surface area (Å²) < 4.78 is 0. The third-order valence-electron chi connectivity index (χ3n) is 3.89. The van der Waals surface area contributed by atoms with Crippen LogP contribution in [0.5, 0.6) is 0 Å². The monoisotopic (exact) mass is 245 g/mol. The first-order chi connectivity index (χ1) is 8.59. The first-order valence-electron chi connectivity index (χ1n) is 6.63. The van der Waals surface area contributed by atoms with Crippen molar-refractivity contribution < 1.29 is 0 Å². The molecule has 0 amide bonds. The Morgan fingerprint density at radius 3 is 2.50 bits per heavy atom. The van der Waals surface area contributed by atoms with Crippen molar-refractivity contribution in [3.05, 3.63) is 35.9 Å². The number of likely N-dealkylation sites (tertiary alicyclic amines) is 1. The molecule has 1 aromatic rings. The van der Waals surface area contributed by atoms with Gasteiger partial charge in [0.25, 0.3) is 0 Å². The molecule has 0 aliphatic carbocycles. The molecule has 0 unspecified atom stereocenters. The van der Waals surface area contributed by atoms with Crippen molar-refractivity contribution in [2.45, 2.75) is 19.8 Å². The van der Waals surface area contributed by atoms with Gasteiger partial charge in [0.1, 0.15) is 5.84 Å². The number of rotatable bonds is 3.